The molecule has 2 aromatic carbocycles. The molecule has 0 saturated heterocycles. The number of nitrogens with one attached hydrogen (secondary N) is 1. The van der Waals surface area contributed by atoms with Gasteiger partial charge in [0, 0.05) is 25.4 Å². The lowest BCUT2D eigenvalue weighted by atomic mass is 9.76. The molecule has 1 aliphatic rings. The van der Waals surface area contributed by atoms with E-state index < -0.39 is 0 Å². The van der Waals surface area contributed by atoms with Crippen molar-refractivity contribution >= 4 is 29.1 Å². The van der Waals surface area contributed by atoms with Crippen LogP contribution in [0.3, 0.4) is 0 Å². The summed E-state index contributed by atoms with van der Waals surface area (Å²) in [5, 5.41) is 3.81. The molecule has 0 aromatic heterocycles. The number of hydrogen-bond acceptors (Lipinski definition) is 2. The van der Waals surface area contributed by atoms with Crippen molar-refractivity contribution in [3.63, 3.8) is 0 Å². The Kier molecular flexibility index (Phi) is 5.67. The highest BCUT2D eigenvalue weighted by atomic mass is 35.5. The number of hydrogen-bond donors (Lipinski definition) is 2. The van der Waals surface area contributed by atoms with Crippen LogP contribution in [0.5, 0.6) is 0 Å². The number of nitrogens with two attached hydrogens (primary N) is 1. The second-order valence-corrected chi connectivity index (χ2v) is 7.36. The third kappa shape index (κ3) is 4.00. The largest absolute Gasteiger partial charge is 0.359 e. The number of amides is 1. The molecule has 1 amide bonds. The maximum Gasteiger partial charge on any atom is 0.220 e. The van der Waals surface area contributed by atoms with Gasteiger partial charge < -0.3 is 11.1 Å². The van der Waals surface area contributed by atoms with Gasteiger partial charge in [-0.05, 0) is 53.6 Å². The Labute approximate surface area is 158 Å². The van der Waals surface area contributed by atoms with E-state index in [0.29, 0.717) is 16.5 Å². The van der Waals surface area contributed by atoms with Crippen molar-refractivity contribution < 1.29 is 4.79 Å². The summed E-state index contributed by atoms with van der Waals surface area (Å²) < 4.78 is 0. The number of carbonyl (C=O) groups excluding carboxylic acids is 1. The molecule has 0 spiro atoms. The van der Waals surface area contributed by atoms with Gasteiger partial charge in [-0.25, -0.2) is 0 Å². The summed E-state index contributed by atoms with van der Waals surface area (Å²) >= 11 is 12.3. The Bertz CT molecular complexity index is 791. The maximum atomic E-state index is 11.5. The highest BCUT2D eigenvalue weighted by molar-refractivity contribution is 6.42. The molecule has 0 bridgehead atoms. The Hall–Kier alpha value is -1.55. The summed E-state index contributed by atoms with van der Waals surface area (Å²) in [7, 11) is 1.66. The van der Waals surface area contributed by atoms with Gasteiger partial charge in [0.2, 0.25) is 5.91 Å². The molecule has 2 atom stereocenters. The Morgan fingerprint density at radius 3 is 2.64 bits per heavy atom. The molecule has 5 heteroatoms. The van der Waals surface area contributed by atoms with Crippen LogP contribution in [0.1, 0.15) is 53.5 Å². The van der Waals surface area contributed by atoms with Gasteiger partial charge in [-0.1, -0.05) is 47.5 Å². The first kappa shape index (κ1) is 18.2. The van der Waals surface area contributed by atoms with Gasteiger partial charge in [-0.3, -0.25) is 4.79 Å². The minimum atomic E-state index is 0.0513. The summed E-state index contributed by atoms with van der Waals surface area (Å²) in [6.07, 6.45) is 3.12. The molecule has 3 N–H and O–H groups in total. The number of benzene rings is 2. The molecule has 3 rings (SSSR count). The Morgan fingerprint density at radius 2 is 1.92 bits per heavy atom. The first-order valence-corrected chi connectivity index (χ1v) is 9.29. The number of fused-ring (bicyclic) bond motifs is 1. The van der Waals surface area contributed by atoms with Crippen molar-refractivity contribution in [3.05, 3.63) is 68.7 Å². The number of carbonyl (C=O) groups is 1. The van der Waals surface area contributed by atoms with Crippen molar-refractivity contribution in [1.29, 1.82) is 0 Å². The first-order chi connectivity index (χ1) is 12.0. The Morgan fingerprint density at radius 1 is 1.12 bits per heavy atom. The van der Waals surface area contributed by atoms with Crippen molar-refractivity contribution in [1.82, 2.24) is 5.32 Å². The molecule has 3 nitrogen and oxygen atoms in total. The quantitative estimate of drug-likeness (QED) is 0.818. The normalized spacial score (nSPS) is 19.4. The van der Waals surface area contributed by atoms with E-state index in [1.807, 2.05) is 18.2 Å². The van der Waals surface area contributed by atoms with Crippen molar-refractivity contribution in [2.45, 2.75) is 37.6 Å². The maximum absolute atomic E-state index is 11.5. The second kappa shape index (κ2) is 7.77. The molecule has 0 aliphatic heterocycles. The number of halogens is 2. The van der Waals surface area contributed by atoms with Crippen molar-refractivity contribution in [3.8, 4) is 0 Å². The molecule has 1 unspecified atom stereocenters. The number of aryl methyl sites for hydroxylation is 1. The average molecular weight is 377 g/mol. The van der Waals surface area contributed by atoms with Crippen molar-refractivity contribution in [2.75, 3.05) is 7.05 Å². The van der Waals surface area contributed by atoms with Crippen LogP contribution < -0.4 is 11.1 Å². The van der Waals surface area contributed by atoms with Gasteiger partial charge in [0.05, 0.1) is 10.0 Å². The molecule has 0 radical (unpaired) electrons. The van der Waals surface area contributed by atoms with E-state index in [2.05, 4.69) is 23.5 Å². The highest BCUT2D eigenvalue weighted by Gasteiger charge is 2.27. The molecule has 0 fully saturated rings. The van der Waals surface area contributed by atoms with E-state index in [0.717, 1.165) is 30.4 Å². The lowest BCUT2D eigenvalue weighted by Gasteiger charge is -2.31. The van der Waals surface area contributed by atoms with Crippen LogP contribution in [0, 0.1) is 0 Å². The monoisotopic (exact) mass is 376 g/mol. The van der Waals surface area contributed by atoms with Crippen molar-refractivity contribution in [2.24, 2.45) is 5.73 Å². The van der Waals surface area contributed by atoms with E-state index >= 15 is 0 Å². The van der Waals surface area contributed by atoms with Crippen LogP contribution in [-0.4, -0.2) is 13.0 Å². The summed E-state index contributed by atoms with van der Waals surface area (Å²) in [4.78, 5) is 11.5. The molecule has 1 aliphatic carbocycles. The van der Waals surface area contributed by atoms with E-state index in [1.165, 1.54) is 11.1 Å². The molecule has 25 heavy (non-hydrogen) atoms. The fraction of sp³-hybridized carbons (Fsp3) is 0.350. The summed E-state index contributed by atoms with van der Waals surface area (Å²) in [6, 6.07) is 12.3. The minimum absolute atomic E-state index is 0.0513. The summed E-state index contributed by atoms with van der Waals surface area (Å²) in [6.45, 7) is 0. The molecule has 2 aromatic rings. The van der Waals surface area contributed by atoms with Crippen LogP contribution in [0.4, 0.5) is 0 Å². The highest BCUT2D eigenvalue weighted by Crippen LogP contribution is 2.42. The van der Waals surface area contributed by atoms with Gasteiger partial charge in [-0.2, -0.15) is 0 Å². The van der Waals surface area contributed by atoms with E-state index in [9.17, 15) is 4.79 Å². The van der Waals surface area contributed by atoms with E-state index in [-0.39, 0.29) is 17.9 Å². The van der Waals surface area contributed by atoms with Gasteiger partial charge in [0.25, 0.3) is 0 Å². The van der Waals surface area contributed by atoms with E-state index in [1.54, 1.807) is 7.05 Å². The zero-order valence-electron chi connectivity index (χ0n) is 14.2. The zero-order chi connectivity index (χ0) is 18.0. The fourth-order valence-electron chi connectivity index (χ4n) is 3.53. The van der Waals surface area contributed by atoms with Crippen LogP contribution >= 0.6 is 23.2 Å². The lowest BCUT2D eigenvalue weighted by molar-refractivity contribution is -0.120. The Balaban J connectivity index is 1.94. The van der Waals surface area contributed by atoms with Crippen LogP contribution in [0.25, 0.3) is 0 Å². The number of rotatable bonds is 4. The van der Waals surface area contributed by atoms with Gasteiger partial charge >= 0.3 is 0 Å². The van der Waals surface area contributed by atoms with E-state index in [4.69, 9.17) is 28.9 Å². The average Bonchev–Trinajstić information content (AvgIpc) is 2.62. The van der Waals surface area contributed by atoms with Gasteiger partial charge in [0.1, 0.15) is 0 Å². The summed E-state index contributed by atoms with van der Waals surface area (Å²) in [5.74, 6) is 0.306. The van der Waals surface area contributed by atoms with Crippen LogP contribution in [0.2, 0.25) is 10.0 Å². The third-order valence-electron chi connectivity index (χ3n) is 4.96. The third-order valence-corrected chi connectivity index (χ3v) is 5.70. The SMILES string of the molecule is CNC(=O)CCc1ccc2c(c1)[C@H](c1ccc(Cl)c(Cl)c1)CCC2N. The molecule has 0 heterocycles. The van der Waals surface area contributed by atoms with Crippen LogP contribution in [0.15, 0.2) is 36.4 Å². The molecule has 132 valence electrons. The standard InChI is InChI=1S/C20H22Cl2N2O/c1-24-20(25)9-3-12-2-5-15-16(10-12)14(6-8-19(15)23)13-4-7-17(21)18(22)11-13/h2,4-5,7,10-11,14,19H,3,6,8-9,23H2,1H3,(H,24,25)/t14-,19?/m0/s1. The first-order valence-electron chi connectivity index (χ1n) is 8.53. The molecular formula is C20H22Cl2N2O. The summed E-state index contributed by atoms with van der Waals surface area (Å²) in [5.41, 5.74) is 11.1. The van der Waals surface area contributed by atoms with Gasteiger partial charge in [0.15, 0.2) is 0 Å². The van der Waals surface area contributed by atoms with Gasteiger partial charge in [-0.15, -0.1) is 0 Å². The molecule has 0 saturated carbocycles. The lowest BCUT2D eigenvalue weighted by Crippen LogP contribution is -2.22. The smallest absolute Gasteiger partial charge is 0.220 e. The predicted molar refractivity (Wildman–Crippen MR) is 103 cm³/mol. The molecular weight excluding hydrogens is 355 g/mol. The second-order valence-electron chi connectivity index (χ2n) is 6.55. The zero-order valence-corrected chi connectivity index (χ0v) is 15.7. The topological polar surface area (TPSA) is 55.1 Å². The predicted octanol–water partition coefficient (Wildman–Crippen LogP) is 4.60. The minimum Gasteiger partial charge on any atom is -0.359 e. The fourth-order valence-corrected chi connectivity index (χ4v) is 3.84. The van der Waals surface area contributed by atoms with Crippen LogP contribution in [-0.2, 0) is 11.2 Å².